The molecule has 2 saturated heterocycles. The van der Waals surface area contributed by atoms with E-state index in [1.165, 1.54) is 4.31 Å². The van der Waals surface area contributed by atoms with E-state index in [1.807, 2.05) is 30.0 Å². The van der Waals surface area contributed by atoms with Gasteiger partial charge in [-0.1, -0.05) is 6.07 Å². The van der Waals surface area contributed by atoms with Crippen LogP contribution < -0.4 is 4.90 Å². The third-order valence-electron chi connectivity index (χ3n) is 5.51. The van der Waals surface area contributed by atoms with Crippen molar-refractivity contribution >= 4 is 38.8 Å². The second-order valence-electron chi connectivity index (χ2n) is 7.58. The summed E-state index contributed by atoms with van der Waals surface area (Å²) in [5.41, 5.74) is 3.00. The number of nitrogens with zero attached hydrogens (tertiary/aromatic N) is 4. The zero-order valence-electron chi connectivity index (χ0n) is 16.4. The summed E-state index contributed by atoms with van der Waals surface area (Å²) in [6.07, 6.45) is 1.16. The first-order chi connectivity index (χ1) is 13.8. The number of hydrogen-bond acceptors (Lipinski definition) is 6. The maximum Gasteiger partial charge on any atom is 0.229 e. The van der Waals surface area contributed by atoms with Crippen LogP contribution in [0.4, 0.5) is 5.95 Å². The zero-order chi connectivity index (χ0) is 20.6. The van der Waals surface area contributed by atoms with Crippen molar-refractivity contribution in [1.82, 2.24) is 19.2 Å². The van der Waals surface area contributed by atoms with Crippen LogP contribution in [0.5, 0.6) is 0 Å². The SMILES string of the molecule is Cc1ccc2nc(N3CCN(S(=O)(=O)CCN4C(=O)CCCC4=O)CC3)[nH]c2c1. The van der Waals surface area contributed by atoms with Crippen molar-refractivity contribution in [3.05, 3.63) is 23.8 Å². The highest BCUT2D eigenvalue weighted by Gasteiger charge is 2.31. The number of amides is 2. The molecule has 3 heterocycles. The number of aromatic nitrogens is 2. The molecular weight excluding hydrogens is 394 g/mol. The summed E-state index contributed by atoms with van der Waals surface area (Å²) in [6.45, 7) is 3.71. The number of hydrogen-bond donors (Lipinski definition) is 1. The minimum atomic E-state index is -3.54. The Balaban J connectivity index is 1.36. The molecule has 0 atom stereocenters. The molecule has 0 radical (unpaired) electrons. The van der Waals surface area contributed by atoms with Crippen LogP contribution in [0, 0.1) is 6.92 Å². The Bertz CT molecular complexity index is 1020. The molecule has 0 unspecified atom stereocenters. The summed E-state index contributed by atoms with van der Waals surface area (Å²) < 4.78 is 26.8. The predicted octanol–water partition coefficient (Wildman–Crippen LogP) is 0.862. The molecule has 0 spiro atoms. The first kappa shape index (κ1) is 19.8. The van der Waals surface area contributed by atoms with Gasteiger partial charge in [-0.05, 0) is 31.0 Å². The molecule has 0 aliphatic carbocycles. The molecule has 1 aromatic carbocycles. The zero-order valence-corrected chi connectivity index (χ0v) is 17.2. The largest absolute Gasteiger partial charge is 0.340 e. The number of piperazine rings is 1. The first-order valence-corrected chi connectivity index (χ1v) is 11.5. The molecule has 2 aliphatic heterocycles. The van der Waals surface area contributed by atoms with Gasteiger partial charge in [-0.2, -0.15) is 4.31 Å². The molecular formula is C19H25N5O4S. The lowest BCUT2D eigenvalue weighted by Crippen LogP contribution is -2.51. The third kappa shape index (κ3) is 4.13. The fourth-order valence-corrected chi connectivity index (χ4v) is 5.21. The molecule has 2 aliphatic rings. The fourth-order valence-electron chi connectivity index (χ4n) is 3.82. The third-order valence-corrected chi connectivity index (χ3v) is 7.36. The monoisotopic (exact) mass is 419 g/mol. The number of aromatic amines is 1. The summed E-state index contributed by atoms with van der Waals surface area (Å²) in [7, 11) is -3.54. The normalized spacial score (nSPS) is 19.3. The second-order valence-corrected chi connectivity index (χ2v) is 9.66. The number of imide groups is 1. The predicted molar refractivity (Wildman–Crippen MR) is 109 cm³/mol. The van der Waals surface area contributed by atoms with E-state index in [1.54, 1.807) is 0 Å². The highest BCUT2D eigenvalue weighted by Crippen LogP contribution is 2.21. The van der Waals surface area contributed by atoms with Crippen molar-refractivity contribution < 1.29 is 18.0 Å². The van der Waals surface area contributed by atoms with Gasteiger partial charge in [-0.15, -0.1) is 0 Å². The average molecular weight is 420 g/mol. The number of rotatable bonds is 5. The number of anilines is 1. The average Bonchev–Trinajstić information content (AvgIpc) is 3.11. The topological polar surface area (TPSA) is 107 Å². The fraction of sp³-hybridized carbons (Fsp3) is 0.526. The van der Waals surface area contributed by atoms with Crippen molar-refractivity contribution in [3.63, 3.8) is 0 Å². The molecule has 2 aromatic rings. The van der Waals surface area contributed by atoms with Crippen molar-refractivity contribution in [2.75, 3.05) is 43.4 Å². The van der Waals surface area contributed by atoms with E-state index < -0.39 is 10.0 Å². The standard InChI is InChI=1S/C19H25N5O4S/c1-14-5-6-15-16(13-14)21-19(20-15)22-7-9-23(10-8-22)29(27,28)12-11-24-17(25)3-2-4-18(24)26/h5-6,13H,2-4,7-12H2,1H3,(H,20,21). The van der Waals surface area contributed by atoms with Gasteiger partial charge in [0.05, 0.1) is 16.8 Å². The number of nitrogens with one attached hydrogen (secondary N) is 1. The molecule has 9 nitrogen and oxygen atoms in total. The number of fused-ring (bicyclic) bond motifs is 1. The van der Waals surface area contributed by atoms with E-state index in [0.29, 0.717) is 45.4 Å². The van der Waals surface area contributed by atoms with Gasteiger partial charge in [0.1, 0.15) is 0 Å². The van der Waals surface area contributed by atoms with Crippen molar-refractivity contribution in [1.29, 1.82) is 0 Å². The Morgan fingerprint density at radius 3 is 2.45 bits per heavy atom. The van der Waals surface area contributed by atoms with Crippen LogP contribution in [-0.4, -0.2) is 77.9 Å². The van der Waals surface area contributed by atoms with E-state index in [0.717, 1.165) is 27.4 Å². The number of sulfonamides is 1. The molecule has 156 valence electrons. The lowest BCUT2D eigenvalue weighted by atomic mass is 10.1. The van der Waals surface area contributed by atoms with Gasteiger partial charge in [0.25, 0.3) is 0 Å². The Morgan fingerprint density at radius 2 is 1.76 bits per heavy atom. The molecule has 4 rings (SSSR count). The van der Waals surface area contributed by atoms with Crippen LogP contribution in [0.1, 0.15) is 24.8 Å². The number of carbonyl (C=O) groups is 2. The highest BCUT2D eigenvalue weighted by atomic mass is 32.2. The molecule has 0 bridgehead atoms. The molecule has 2 amide bonds. The van der Waals surface area contributed by atoms with Crippen molar-refractivity contribution in [2.45, 2.75) is 26.2 Å². The van der Waals surface area contributed by atoms with Crippen LogP contribution >= 0.6 is 0 Å². The van der Waals surface area contributed by atoms with Crippen LogP contribution in [0.25, 0.3) is 11.0 Å². The maximum absolute atomic E-state index is 12.7. The Hall–Kier alpha value is -2.46. The Kier molecular flexibility index (Phi) is 5.30. The molecule has 1 aromatic heterocycles. The molecule has 2 fully saturated rings. The molecule has 10 heteroatoms. The van der Waals surface area contributed by atoms with Crippen LogP contribution in [0.15, 0.2) is 18.2 Å². The first-order valence-electron chi connectivity index (χ1n) is 9.86. The van der Waals surface area contributed by atoms with Crippen LogP contribution in [0.2, 0.25) is 0 Å². The number of piperidine rings is 1. The van der Waals surface area contributed by atoms with E-state index in [2.05, 4.69) is 9.97 Å². The van der Waals surface area contributed by atoms with E-state index in [9.17, 15) is 18.0 Å². The van der Waals surface area contributed by atoms with Gasteiger partial charge in [0.15, 0.2) is 0 Å². The minimum absolute atomic E-state index is 0.0663. The van der Waals surface area contributed by atoms with E-state index in [4.69, 9.17) is 0 Å². The van der Waals surface area contributed by atoms with Crippen molar-refractivity contribution in [2.24, 2.45) is 0 Å². The van der Waals surface area contributed by atoms with Gasteiger partial charge < -0.3 is 9.88 Å². The maximum atomic E-state index is 12.7. The molecule has 29 heavy (non-hydrogen) atoms. The lowest BCUT2D eigenvalue weighted by molar-refractivity contribution is -0.147. The smallest absolute Gasteiger partial charge is 0.229 e. The summed E-state index contributed by atoms with van der Waals surface area (Å²) in [4.78, 5) is 34.8. The summed E-state index contributed by atoms with van der Waals surface area (Å²) in [5, 5.41) is 0. The Labute approximate surface area is 169 Å². The van der Waals surface area contributed by atoms with Gasteiger partial charge in [-0.3, -0.25) is 14.5 Å². The van der Waals surface area contributed by atoms with E-state index >= 15 is 0 Å². The quantitative estimate of drug-likeness (QED) is 0.721. The second kappa shape index (κ2) is 7.75. The van der Waals surface area contributed by atoms with Gasteiger partial charge in [0, 0.05) is 45.6 Å². The highest BCUT2D eigenvalue weighted by molar-refractivity contribution is 7.89. The number of H-pyrrole nitrogens is 1. The molecule has 1 N–H and O–H groups in total. The van der Waals surface area contributed by atoms with Gasteiger partial charge >= 0.3 is 0 Å². The number of carbonyl (C=O) groups excluding carboxylic acids is 2. The van der Waals surface area contributed by atoms with Gasteiger partial charge in [-0.25, -0.2) is 13.4 Å². The number of likely N-dealkylation sites (tertiary alicyclic amines) is 1. The lowest BCUT2D eigenvalue weighted by Gasteiger charge is -2.34. The van der Waals surface area contributed by atoms with E-state index in [-0.39, 0.29) is 24.1 Å². The minimum Gasteiger partial charge on any atom is -0.340 e. The summed E-state index contributed by atoms with van der Waals surface area (Å²) in [5.74, 6) is -0.0380. The van der Waals surface area contributed by atoms with Gasteiger partial charge in [0.2, 0.25) is 27.8 Å². The van der Waals surface area contributed by atoms with Crippen molar-refractivity contribution in [3.8, 4) is 0 Å². The number of imidazole rings is 1. The summed E-state index contributed by atoms with van der Waals surface area (Å²) >= 11 is 0. The number of aryl methyl sites for hydroxylation is 1. The molecule has 0 saturated carbocycles. The number of benzene rings is 1. The van der Waals surface area contributed by atoms with Crippen LogP contribution in [0.3, 0.4) is 0 Å². The Morgan fingerprint density at radius 1 is 1.07 bits per heavy atom. The van der Waals surface area contributed by atoms with Crippen LogP contribution in [-0.2, 0) is 19.6 Å². The summed E-state index contributed by atoms with van der Waals surface area (Å²) in [6, 6.07) is 6.01.